The molecule has 24 heavy (non-hydrogen) atoms. The van der Waals surface area contributed by atoms with Gasteiger partial charge in [-0.2, -0.15) is 0 Å². The minimum Gasteiger partial charge on any atom is -0.335 e. The number of nitrogens with one attached hydrogen (secondary N) is 2. The lowest BCUT2D eigenvalue weighted by Gasteiger charge is -2.15. The van der Waals surface area contributed by atoms with Crippen molar-refractivity contribution in [3.8, 4) is 5.69 Å². The van der Waals surface area contributed by atoms with Gasteiger partial charge in [0.15, 0.2) is 0 Å². The molecule has 1 unspecified atom stereocenters. The van der Waals surface area contributed by atoms with E-state index in [0.29, 0.717) is 6.54 Å². The number of benzene rings is 1. The summed E-state index contributed by atoms with van der Waals surface area (Å²) in [5, 5.41) is 7.96. The quantitative estimate of drug-likeness (QED) is 0.723. The lowest BCUT2D eigenvalue weighted by molar-refractivity contribution is 0.237. The number of imidazole rings is 1. The molecule has 0 aliphatic heterocycles. The zero-order chi connectivity index (χ0) is 16.8. The fraction of sp³-hybridized carbons (Fsp3) is 0.222. The molecule has 2 heterocycles. The number of hydrogen-bond donors (Lipinski definition) is 2. The first-order valence-electron chi connectivity index (χ1n) is 7.85. The molecule has 1 aromatic carbocycles. The zero-order valence-electron chi connectivity index (χ0n) is 13.5. The van der Waals surface area contributed by atoms with Crippen LogP contribution in [0.2, 0.25) is 0 Å². The summed E-state index contributed by atoms with van der Waals surface area (Å²) in [4.78, 5) is 17.5. The standard InChI is InChI=1S/C18H20N4OS/c1-14(11-16-6-4-10-24-16)21-18(23)20-12-15-5-2-3-7-17(15)22-9-8-19-13-22/h2-10,13-14H,11-12H2,1H3,(H2,20,21,23). The van der Waals surface area contributed by atoms with Crippen LogP contribution in [0.25, 0.3) is 5.69 Å². The van der Waals surface area contributed by atoms with Gasteiger partial charge in [0.2, 0.25) is 0 Å². The predicted octanol–water partition coefficient (Wildman–Crippen LogP) is 3.36. The van der Waals surface area contributed by atoms with Crippen molar-refractivity contribution >= 4 is 17.4 Å². The van der Waals surface area contributed by atoms with Gasteiger partial charge in [0.25, 0.3) is 0 Å². The maximum Gasteiger partial charge on any atom is 0.315 e. The molecule has 2 amide bonds. The number of rotatable bonds is 6. The van der Waals surface area contributed by atoms with Crippen molar-refractivity contribution in [1.29, 1.82) is 0 Å². The van der Waals surface area contributed by atoms with Gasteiger partial charge in [0, 0.05) is 36.3 Å². The molecule has 0 saturated carbocycles. The van der Waals surface area contributed by atoms with E-state index in [9.17, 15) is 4.79 Å². The van der Waals surface area contributed by atoms with Gasteiger partial charge in [-0.25, -0.2) is 9.78 Å². The van der Waals surface area contributed by atoms with Gasteiger partial charge >= 0.3 is 6.03 Å². The Bertz CT molecular complexity index is 768. The van der Waals surface area contributed by atoms with Gasteiger partial charge in [-0.15, -0.1) is 11.3 Å². The molecule has 3 rings (SSSR count). The van der Waals surface area contributed by atoms with Gasteiger partial charge < -0.3 is 15.2 Å². The second-order valence-corrected chi connectivity index (χ2v) is 6.64. The number of nitrogens with zero attached hydrogens (tertiary/aromatic N) is 2. The molecule has 0 radical (unpaired) electrons. The molecular weight excluding hydrogens is 320 g/mol. The number of para-hydroxylation sites is 1. The van der Waals surface area contributed by atoms with Crippen LogP contribution in [0, 0.1) is 0 Å². The molecule has 0 spiro atoms. The predicted molar refractivity (Wildman–Crippen MR) is 96.4 cm³/mol. The Hall–Kier alpha value is -2.60. The van der Waals surface area contributed by atoms with E-state index in [1.54, 1.807) is 23.9 Å². The molecule has 0 aliphatic rings. The number of urea groups is 1. The van der Waals surface area contributed by atoms with Crippen LogP contribution >= 0.6 is 11.3 Å². The summed E-state index contributed by atoms with van der Waals surface area (Å²) in [6, 6.07) is 12.0. The average Bonchev–Trinajstić information content (AvgIpc) is 3.26. The van der Waals surface area contributed by atoms with E-state index in [2.05, 4.69) is 27.1 Å². The number of carbonyl (C=O) groups is 1. The third-order valence-corrected chi connectivity index (χ3v) is 4.58. The first-order valence-corrected chi connectivity index (χ1v) is 8.73. The summed E-state index contributed by atoms with van der Waals surface area (Å²) < 4.78 is 1.94. The third kappa shape index (κ3) is 4.23. The third-order valence-electron chi connectivity index (χ3n) is 3.68. The second-order valence-electron chi connectivity index (χ2n) is 5.61. The van der Waals surface area contributed by atoms with E-state index in [0.717, 1.165) is 17.7 Å². The monoisotopic (exact) mass is 340 g/mol. The van der Waals surface area contributed by atoms with E-state index in [1.165, 1.54) is 4.88 Å². The molecule has 0 bridgehead atoms. The molecule has 3 aromatic rings. The summed E-state index contributed by atoms with van der Waals surface area (Å²) in [6.07, 6.45) is 6.23. The van der Waals surface area contributed by atoms with E-state index >= 15 is 0 Å². The minimum absolute atomic E-state index is 0.0903. The summed E-state index contributed by atoms with van der Waals surface area (Å²) in [6.45, 7) is 2.48. The maximum atomic E-state index is 12.1. The summed E-state index contributed by atoms with van der Waals surface area (Å²) in [7, 11) is 0. The fourth-order valence-corrected chi connectivity index (χ4v) is 3.38. The second kappa shape index (κ2) is 7.79. The van der Waals surface area contributed by atoms with Crippen LogP contribution in [0.4, 0.5) is 4.79 Å². The molecular formula is C18H20N4OS. The Morgan fingerprint density at radius 2 is 2.17 bits per heavy atom. The lowest BCUT2D eigenvalue weighted by Crippen LogP contribution is -2.41. The van der Waals surface area contributed by atoms with Crippen LogP contribution in [0.15, 0.2) is 60.5 Å². The van der Waals surface area contributed by atoms with Crippen LogP contribution in [0.1, 0.15) is 17.4 Å². The highest BCUT2D eigenvalue weighted by Gasteiger charge is 2.10. The minimum atomic E-state index is -0.153. The van der Waals surface area contributed by atoms with Crippen LogP contribution in [-0.4, -0.2) is 21.6 Å². The lowest BCUT2D eigenvalue weighted by atomic mass is 10.1. The molecule has 0 fully saturated rings. The molecule has 5 nitrogen and oxygen atoms in total. The highest BCUT2D eigenvalue weighted by molar-refractivity contribution is 7.09. The Labute approximate surface area is 145 Å². The van der Waals surface area contributed by atoms with Crippen molar-refractivity contribution < 1.29 is 4.79 Å². The Morgan fingerprint density at radius 3 is 2.92 bits per heavy atom. The van der Waals surface area contributed by atoms with Gasteiger partial charge in [0.05, 0.1) is 12.0 Å². The van der Waals surface area contributed by atoms with Crippen LogP contribution in [0.5, 0.6) is 0 Å². The SMILES string of the molecule is CC(Cc1cccs1)NC(=O)NCc1ccccc1-n1ccnc1. The maximum absolute atomic E-state index is 12.1. The molecule has 2 aromatic heterocycles. The summed E-state index contributed by atoms with van der Waals surface area (Å²) in [5.74, 6) is 0. The van der Waals surface area contributed by atoms with Crippen molar-refractivity contribution in [2.24, 2.45) is 0 Å². The highest BCUT2D eigenvalue weighted by atomic mass is 32.1. The highest BCUT2D eigenvalue weighted by Crippen LogP contribution is 2.14. The number of thiophene rings is 1. The zero-order valence-corrected chi connectivity index (χ0v) is 14.3. The van der Waals surface area contributed by atoms with Crippen molar-refractivity contribution in [1.82, 2.24) is 20.2 Å². The number of hydrogen-bond acceptors (Lipinski definition) is 3. The van der Waals surface area contributed by atoms with Gasteiger partial charge in [-0.05, 0) is 30.0 Å². The van der Waals surface area contributed by atoms with Gasteiger partial charge in [-0.3, -0.25) is 0 Å². The number of aromatic nitrogens is 2. The van der Waals surface area contributed by atoms with E-state index < -0.39 is 0 Å². The molecule has 124 valence electrons. The summed E-state index contributed by atoms with van der Waals surface area (Å²) in [5.41, 5.74) is 2.05. The Balaban J connectivity index is 1.55. The van der Waals surface area contributed by atoms with Crippen LogP contribution < -0.4 is 10.6 Å². The van der Waals surface area contributed by atoms with E-state index in [-0.39, 0.29) is 12.1 Å². The van der Waals surface area contributed by atoms with Gasteiger partial charge in [-0.1, -0.05) is 24.3 Å². The van der Waals surface area contributed by atoms with Crippen LogP contribution in [0.3, 0.4) is 0 Å². The number of carbonyl (C=O) groups excluding carboxylic acids is 1. The Morgan fingerprint density at radius 1 is 1.29 bits per heavy atom. The first-order chi connectivity index (χ1) is 11.7. The van der Waals surface area contributed by atoms with Gasteiger partial charge in [0.1, 0.15) is 0 Å². The van der Waals surface area contributed by atoms with Crippen molar-refractivity contribution in [2.45, 2.75) is 25.9 Å². The fourth-order valence-electron chi connectivity index (χ4n) is 2.55. The first kappa shape index (κ1) is 16.3. The van der Waals surface area contributed by atoms with E-state index in [4.69, 9.17) is 0 Å². The van der Waals surface area contributed by atoms with Crippen molar-refractivity contribution in [2.75, 3.05) is 0 Å². The molecule has 0 aliphatic carbocycles. The average molecular weight is 340 g/mol. The summed E-state index contributed by atoms with van der Waals surface area (Å²) >= 11 is 1.71. The number of amides is 2. The Kier molecular flexibility index (Phi) is 5.28. The molecule has 6 heteroatoms. The van der Waals surface area contributed by atoms with Crippen LogP contribution in [-0.2, 0) is 13.0 Å². The molecule has 0 saturated heterocycles. The van der Waals surface area contributed by atoms with Crippen molar-refractivity contribution in [3.63, 3.8) is 0 Å². The topological polar surface area (TPSA) is 59.0 Å². The smallest absolute Gasteiger partial charge is 0.315 e. The normalized spacial score (nSPS) is 11.9. The molecule has 2 N–H and O–H groups in total. The largest absolute Gasteiger partial charge is 0.335 e. The van der Waals surface area contributed by atoms with E-state index in [1.807, 2.05) is 48.0 Å². The molecule has 1 atom stereocenters. The van der Waals surface area contributed by atoms with Crippen molar-refractivity contribution in [3.05, 3.63) is 70.9 Å².